The summed E-state index contributed by atoms with van der Waals surface area (Å²) in [7, 11) is 0. The zero-order valence-electron chi connectivity index (χ0n) is 21.6. The van der Waals surface area contributed by atoms with Crippen LogP contribution in [0.15, 0.2) is 103 Å². The standard InChI is InChI=1S/C33H28NO5/c1-2-12-28-27-22-30(39-33(37)25-17-10-5-11-18-25)29(38-32(36)24-15-8-4-9-16-24)21-26(27)19-20-34(28)31(35)23-13-6-3-7-14-23/h3-11,13-18,21-22H,2,12,19-20H2,1H3/q+1. The van der Waals surface area contributed by atoms with E-state index in [0.717, 1.165) is 23.3 Å². The van der Waals surface area contributed by atoms with Crippen molar-refractivity contribution in [3.05, 3.63) is 131 Å². The van der Waals surface area contributed by atoms with Crippen LogP contribution in [0.3, 0.4) is 0 Å². The molecule has 0 atom stereocenters. The average Bonchev–Trinajstić information content (AvgIpc) is 2.99. The van der Waals surface area contributed by atoms with Gasteiger partial charge in [-0.3, -0.25) is 0 Å². The molecule has 0 bridgehead atoms. The fourth-order valence-electron chi connectivity index (χ4n) is 4.68. The number of carbonyl (C=O) groups excluding carboxylic acids is 3. The van der Waals surface area contributed by atoms with Crippen molar-refractivity contribution in [2.75, 3.05) is 6.54 Å². The van der Waals surface area contributed by atoms with Gasteiger partial charge in [-0.05, 0) is 60.5 Å². The highest BCUT2D eigenvalue weighted by Crippen LogP contribution is 2.35. The summed E-state index contributed by atoms with van der Waals surface area (Å²) in [5.41, 5.74) is 3.94. The molecule has 0 aliphatic carbocycles. The fourth-order valence-corrected chi connectivity index (χ4v) is 4.68. The maximum atomic E-state index is 13.5. The Morgan fingerprint density at radius 1 is 0.692 bits per heavy atom. The summed E-state index contributed by atoms with van der Waals surface area (Å²) in [4.78, 5) is 39.4. The van der Waals surface area contributed by atoms with Gasteiger partial charge in [-0.2, -0.15) is 4.58 Å². The van der Waals surface area contributed by atoms with E-state index in [-0.39, 0.29) is 17.4 Å². The number of ether oxygens (including phenoxy) is 2. The zero-order chi connectivity index (χ0) is 27.2. The highest BCUT2D eigenvalue weighted by atomic mass is 16.6. The summed E-state index contributed by atoms with van der Waals surface area (Å²) >= 11 is 0. The molecular formula is C33H28NO5+. The third kappa shape index (κ3) is 5.70. The largest absolute Gasteiger partial charge is 0.419 e. The Labute approximate surface area is 227 Å². The second kappa shape index (κ2) is 11.7. The first-order valence-electron chi connectivity index (χ1n) is 13.0. The molecule has 0 unspecified atom stereocenters. The van der Waals surface area contributed by atoms with Crippen molar-refractivity contribution in [1.29, 1.82) is 0 Å². The molecule has 0 aromatic heterocycles. The molecular weight excluding hydrogens is 490 g/mol. The van der Waals surface area contributed by atoms with Crippen molar-refractivity contribution in [1.82, 2.24) is 0 Å². The molecule has 4 aromatic carbocycles. The summed E-state index contributed by atoms with van der Waals surface area (Å²) in [6.45, 7) is 2.55. The van der Waals surface area contributed by atoms with Gasteiger partial charge < -0.3 is 9.47 Å². The van der Waals surface area contributed by atoms with Gasteiger partial charge in [-0.1, -0.05) is 61.5 Å². The van der Waals surface area contributed by atoms with E-state index in [4.69, 9.17) is 9.47 Å². The van der Waals surface area contributed by atoms with Crippen LogP contribution in [0.1, 0.15) is 62.0 Å². The molecule has 1 aliphatic heterocycles. The summed E-state index contributed by atoms with van der Waals surface area (Å²) in [6.07, 6.45) is 2.03. The second-order valence-electron chi connectivity index (χ2n) is 9.24. The van der Waals surface area contributed by atoms with Gasteiger partial charge in [0.2, 0.25) is 0 Å². The van der Waals surface area contributed by atoms with Crippen LogP contribution in [-0.4, -0.2) is 34.7 Å². The van der Waals surface area contributed by atoms with Crippen LogP contribution < -0.4 is 9.47 Å². The predicted octanol–water partition coefficient (Wildman–Crippen LogP) is 6.12. The van der Waals surface area contributed by atoms with E-state index in [1.54, 1.807) is 77.4 Å². The van der Waals surface area contributed by atoms with Gasteiger partial charge >= 0.3 is 17.8 Å². The number of rotatable bonds is 7. The van der Waals surface area contributed by atoms with Crippen molar-refractivity contribution in [3.63, 3.8) is 0 Å². The molecule has 0 saturated heterocycles. The minimum absolute atomic E-state index is 0.0767. The van der Waals surface area contributed by atoms with E-state index in [1.165, 1.54) is 0 Å². The third-order valence-corrected chi connectivity index (χ3v) is 6.59. The van der Waals surface area contributed by atoms with Crippen molar-refractivity contribution in [2.45, 2.75) is 26.2 Å². The van der Waals surface area contributed by atoms with Crippen LogP contribution in [0.2, 0.25) is 0 Å². The molecule has 4 aromatic rings. The molecule has 6 nitrogen and oxygen atoms in total. The number of nitrogens with zero attached hydrogens (tertiary/aromatic N) is 1. The molecule has 0 N–H and O–H groups in total. The van der Waals surface area contributed by atoms with Gasteiger partial charge in [0.05, 0.1) is 16.7 Å². The first-order valence-corrected chi connectivity index (χ1v) is 13.0. The van der Waals surface area contributed by atoms with E-state index >= 15 is 0 Å². The highest BCUT2D eigenvalue weighted by molar-refractivity contribution is 6.04. The fraction of sp³-hybridized carbons (Fsp3) is 0.152. The SMILES string of the molecule is CCCC1=[N+](C(=O)c2ccccc2)CCc2cc(OC(=O)c3ccccc3)c(OC(=O)c3ccccc3)cc21. The Balaban J connectivity index is 1.59. The van der Waals surface area contributed by atoms with Crippen LogP contribution in [0.4, 0.5) is 0 Å². The lowest BCUT2D eigenvalue weighted by Gasteiger charge is -2.20. The number of carbonyl (C=O) groups is 3. The van der Waals surface area contributed by atoms with Crippen molar-refractivity contribution in [2.24, 2.45) is 0 Å². The van der Waals surface area contributed by atoms with Crippen molar-refractivity contribution in [3.8, 4) is 11.5 Å². The predicted molar refractivity (Wildman–Crippen MR) is 148 cm³/mol. The molecule has 39 heavy (non-hydrogen) atoms. The number of hydrogen-bond acceptors (Lipinski definition) is 5. The lowest BCUT2D eigenvalue weighted by atomic mass is 9.93. The van der Waals surface area contributed by atoms with E-state index < -0.39 is 11.9 Å². The van der Waals surface area contributed by atoms with Crippen molar-refractivity contribution >= 4 is 23.6 Å². The quantitative estimate of drug-likeness (QED) is 0.167. The lowest BCUT2D eigenvalue weighted by Crippen LogP contribution is -2.35. The van der Waals surface area contributed by atoms with Crippen LogP contribution in [0.5, 0.6) is 11.5 Å². The Bertz CT molecular complexity index is 1540. The molecule has 1 heterocycles. The maximum Gasteiger partial charge on any atom is 0.419 e. The number of fused-ring (bicyclic) bond motifs is 1. The molecule has 0 fully saturated rings. The first-order chi connectivity index (χ1) is 19.0. The number of hydrogen-bond donors (Lipinski definition) is 0. The topological polar surface area (TPSA) is 72.7 Å². The molecule has 5 rings (SSSR count). The molecule has 0 spiro atoms. The first kappa shape index (κ1) is 25.8. The monoisotopic (exact) mass is 518 g/mol. The van der Waals surface area contributed by atoms with Crippen LogP contribution >= 0.6 is 0 Å². The smallest absolute Gasteiger partial charge is 0.419 e. The van der Waals surface area contributed by atoms with E-state index in [1.807, 2.05) is 30.3 Å². The minimum atomic E-state index is -0.572. The molecule has 6 heteroatoms. The Kier molecular flexibility index (Phi) is 7.73. The molecule has 0 saturated carbocycles. The van der Waals surface area contributed by atoms with Gasteiger partial charge in [0.25, 0.3) is 0 Å². The van der Waals surface area contributed by atoms with E-state index in [2.05, 4.69) is 6.92 Å². The number of esters is 2. The summed E-state index contributed by atoms with van der Waals surface area (Å²) in [5.74, 6) is -0.924. The zero-order valence-corrected chi connectivity index (χ0v) is 21.6. The summed E-state index contributed by atoms with van der Waals surface area (Å²) < 4.78 is 13.4. The third-order valence-electron chi connectivity index (χ3n) is 6.59. The van der Waals surface area contributed by atoms with E-state index in [0.29, 0.717) is 36.1 Å². The van der Waals surface area contributed by atoms with Crippen LogP contribution in [0.25, 0.3) is 0 Å². The maximum absolute atomic E-state index is 13.5. The Morgan fingerprint density at radius 2 is 1.18 bits per heavy atom. The average molecular weight is 519 g/mol. The highest BCUT2D eigenvalue weighted by Gasteiger charge is 2.33. The number of amides is 1. The molecule has 1 amide bonds. The minimum Gasteiger partial charge on any atom is -0.419 e. The van der Waals surface area contributed by atoms with Gasteiger partial charge in [0.1, 0.15) is 0 Å². The Morgan fingerprint density at radius 3 is 1.69 bits per heavy atom. The molecule has 0 radical (unpaired) electrons. The van der Waals surface area contributed by atoms with Crippen LogP contribution in [-0.2, 0) is 6.42 Å². The van der Waals surface area contributed by atoms with Gasteiger partial charge in [-0.15, -0.1) is 0 Å². The normalized spacial score (nSPS) is 12.4. The lowest BCUT2D eigenvalue weighted by molar-refractivity contribution is -0.430. The van der Waals surface area contributed by atoms with Gasteiger partial charge in [0, 0.05) is 18.4 Å². The van der Waals surface area contributed by atoms with E-state index in [9.17, 15) is 14.4 Å². The second-order valence-corrected chi connectivity index (χ2v) is 9.24. The summed E-state index contributed by atoms with van der Waals surface area (Å²) in [6, 6.07) is 29.9. The van der Waals surface area contributed by atoms with Crippen molar-refractivity contribution < 1.29 is 28.4 Å². The molecule has 1 aliphatic rings. The summed E-state index contributed by atoms with van der Waals surface area (Å²) in [5, 5.41) is 0. The molecule has 194 valence electrons. The van der Waals surface area contributed by atoms with Crippen LogP contribution in [0, 0.1) is 0 Å². The number of benzene rings is 4. The van der Waals surface area contributed by atoms with Gasteiger partial charge in [0.15, 0.2) is 23.8 Å². The Hall–Kier alpha value is -4.84. The van der Waals surface area contributed by atoms with Gasteiger partial charge in [-0.25, -0.2) is 14.4 Å².